The highest BCUT2D eigenvalue weighted by Gasteiger charge is 2.72. The minimum atomic E-state index is -5.36. The van der Waals surface area contributed by atoms with Gasteiger partial charge in [0.2, 0.25) is 5.54 Å². The quantitative estimate of drug-likeness (QED) is 0.596. The molecule has 5 nitrogen and oxygen atoms in total. The van der Waals surface area contributed by atoms with Crippen molar-refractivity contribution >= 4 is 34.9 Å². The normalized spacial score (nSPS) is 22.1. The predicted molar refractivity (Wildman–Crippen MR) is 117 cm³/mol. The van der Waals surface area contributed by atoms with Crippen LogP contribution in [0.5, 0.6) is 0 Å². The number of nitrogens with one attached hydrogen (secondary N) is 1. The van der Waals surface area contributed by atoms with Gasteiger partial charge in [-0.25, -0.2) is 4.39 Å². The van der Waals surface area contributed by atoms with Crippen LogP contribution in [0, 0.1) is 11.2 Å². The third kappa shape index (κ3) is 3.77. The van der Waals surface area contributed by atoms with Crippen LogP contribution in [0.4, 0.5) is 23.2 Å². The van der Waals surface area contributed by atoms with E-state index in [2.05, 4.69) is 0 Å². The number of alkyl halides is 3. The van der Waals surface area contributed by atoms with Crippen LogP contribution in [0.15, 0.2) is 59.8 Å². The third-order valence-electron chi connectivity index (χ3n) is 5.92. The van der Waals surface area contributed by atoms with Gasteiger partial charge in [-0.05, 0) is 54.3 Å². The highest BCUT2D eigenvalue weighted by Crippen LogP contribution is 2.52. The molecule has 0 bridgehead atoms. The average Bonchev–Trinajstić information content (AvgIpc) is 2.96. The Hall–Kier alpha value is -3.20. The first-order chi connectivity index (χ1) is 15.8. The monoisotopic (exact) mass is 494 g/mol. The van der Waals surface area contributed by atoms with Crippen LogP contribution in [-0.2, 0) is 9.59 Å². The van der Waals surface area contributed by atoms with Gasteiger partial charge in [0.1, 0.15) is 5.82 Å². The minimum Gasteiger partial charge on any atom is -0.326 e. The number of ketones is 1. The Balaban J connectivity index is 1.94. The van der Waals surface area contributed by atoms with E-state index in [9.17, 15) is 31.9 Å². The van der Waals surface area contributed by atoms with E-state index in [0.29, 0.717) is 0 Å². The smallest absolute Gasteiger partial charge is 0.326 e. The summed E-state index contributed by atoms with van der Waals surface area (Å²) in [6.45, 7) is 3.39. The Labute approximate surface area is 197 Å². The maximum absolute atomic E-state index is 14.8. The van der Waals surface area contributed by atoms with E-state index in [1.807, 2.05) is 5.32 Å². The molecule has 2 aromatic rings. The first-order valence-corrected chi connectivity index (χ1v) is 10.7. The summed E-state index contributed by atoms with van der Waals surface area (Å²) in [6.07, 6.45) is -5.64. The molecular formula is C24H19ClF4N2O3. The lowest BCUT2D eigenvalue weighted by molar-refractivity contribution is -0.186. The number of halogens is 5. The standard InChI is InChI=1S/C24H19ClF4N2O3/c1-22(2)11-17-19(18(32)12-22)23(24(27,28)29,30-20(33)13-4-3-5-14(25)10-13)21(34)31(17)16-8-6-15(26)7-9-16/h3-10H,11-12H2,1-2H3,(H,30,33)/t23-/m1/s1. The van der Waals surface area contributed by atoms with Crippen LogP contribution in [0.1, 0.15) is 37.0 Å². The van der Waals surface area contributed by atoms with Crippen LogP contribution < -0.4 is 10.2 Å². The average molecular weight is 495 g/mol. The first-order valence-electron chi connectivity index (χ1n) is 10.3. The highest BCUT2D eigenvalue weighted by atomic mass is 35.5. The van der Waals surface area contributed by atoms with E-state index in [-0.39, 0.29) is 34.8 Å². The number of amides is 2. The molecule has 1 aliphatic heterocycles. The number of hydrogen-bond acceptors (Lipinski definition) is 3. The molecule has 0 fully saturated rings. The van der Waals surface area contributed by atoms with Gasteiger partial charge in [-0.1, -0.05) is 31.5 Å². The number of anilines is 1. The SMILES string of the molecule is CC1(C)CC(=O)C2=C(C1)N(c1ccc(F)cc1)C(=O)[C@@]2(NC(=O)c1cccc(Cl)c1)C(F)(F)F. The van der Waals surface area contributed by atoms with Crippen LogP contribution in [-0.4, -0.2) is 29.3 Å². The molecule has 2 amide bonds. The van der Waals surface area contributed by atoms with Gasteiger partial charge in [0.25, 0.3) is 11.8 Å². The number of allylic oxidation sites excluding steroid dienone is 1. The van der Waals surface area contributed by atoms with Crippen molar-refractivity contribution in [3.05, 3.63) is 76.2 Å². The summed E-state index contributed by atoms with van der Waals surface area (Å²) >= 11 is 5.87. The Kier molecular flexibility index (Phi) is 5.59. The number of carbonyl (C=O) groups excluding carboxylic acids is 3. The number of rotatable bonds is 3. The van der Waals surface area contributed by atoms with Crippen molar-refractivity contribution < 1.29 is 31.9 Å². The molecule has 4 rings (SSSR count). The van der Waals surface area contributed by atoms with Crippen molar-refractivity contribution in [1.29, 1.82) is 0 Å². The Bertz CT molecular complexity index is 1240. The number of Topliss-reactive ketones (excluding diaryl/α,β-unsaturated/α-hetero) is 1. The molecule has 0 unspecified atom stereocenters. The predicted octanol–water partition coefficient (Wildman–Crippen LogP) is 5.20. The lowest BCUT2D eigenvalue weighted by atomic mass is 9.72. The molecule has 34 heavy (non-hydrogen) atoms. The Morgan fingerprint density at radius 1 is 1.06 bits per heavy atom. The van der Waals surface area contributed by atoms with Gasteiger partial charge in [0.15, 0.2) is 5.78 Å². The third-order valence-corrected chi connectivity index (χ3v) is 6.15. The van der Waals surface area contributed by atoms with Gasteiger partial charge in [-0.15, -0.1) is 0 Å². The molecule has 1 aliphatic carbocycles. The number of nitrogens with zero attached hydrogens (tertiary/aromatic N) is 1. The summed E-state index contributed by atoms with van der Waals surface area (Å²) in [5.74, 6) is -4.33. The van der Waals surface area contributed by atoms with E-state index in [1.165, 1.54) is 18.2 Å². The maximum Gasteiger partial charge on any atom is 0.425 e. The Morgan fingerprint density at radius 3 is 2.29 bits per heavy atom. The van der Waals surface area contributed by atoms with Crippen molar-refractivity contribution in [2.45, 2.75) is 38.4 Å². The fourth-order valence-electron chi connectivity index (χ4n) is 4.49. The molecule has 2 aromatic carbocycles. The van der Waals surface area contributed by atoms with Crippen LogP contribution in [0.25, 0.3) is 0 Å². The number of benzene rings is 2. The van der Waals surface area contributed by atoms with Crippen molar-refractivity contribution in [2.75, 3.05) is 4.90 Å². The van der Waals surface area contributed by atoms with Crippen molar-refractivity contribution in [1.82, 2.24) is 5.32 Å². The van der Waals surface area contributed by atoms with Gasteiger partial charge in [0.05, 0.1) is 5.57 Å². The molecule has 0 saturated carbocycles. The fraction of sp³-hybridized carbons (Fsp3) is 0.292. The molecule has 1 N–H and O–H groups in total. The molecule has 10 heteroatoms. The molecule has 0 aromatic heterocycles. The molecule has 2 aliphatic rings. The van der Waals surface area contributed by atoms with Crippen molar-refractivity contribution in [3.8, 4) is 0 Å². The highest BCUT2D eigenvalue weighted by molar-refractivity contribution is 6.31. The molecule has 1 heterocycles. The van der Waals surface area contributed by atoms with Gasteiger partial charge in [-0.3, -0.25) is 19.3 Å². The molecule has 178 valence electrons. The zero-order valence-corrected chi connectivity index (χ0v) is 18.9. The van der Waals surface area contributed by atoms with Crippen LogP contribution >= 0.6 is 11.6 Å². The van der Waals surface area contributed by atoms with E-state index in [1.54, 1.807) is 13.8 Å². The molecule has 0 radical (unpaired) electrons. The van der Waals surface area contributed by atoms with E-state index < -0.39 is 46.1 Å². The summed E-state index contributed by atoms with van der Waals surface area (Å²) in [5.41, 5.74) is -5.59. The summed E-state index contributed by atoms with van der Waals surface area (Å²) < 4.78 is 57.8. The zero-order valence-electron chi connectivity index (χ0n) is 18.1. The molecule has 1 atom stereocenters. The maximum atomic E-state index is 14.8. The lowest BCUT2D eigenvalue weighted by Gasteiger charge is -2.35. The van der Waals surface area contributed by atoms with E-state index in [4.69, 9.17) is 11.6 Å². The number of carbonyl (C=O) groups is 3. The molecule has 0 spiro atoms. The van der Waals surface area contributed by atoms with Gasteiger partial charge in [0, 0.05) is 28.4 Å². The fourth-order valence-corrected chi connectivity index (χ4v) is 4.68. The second kappa shape index (κ2) is 7.94. The second-order valence-corrected chi connectivity index (χ2v) is 9.53. The van der Waals surface area contributed by atoms with Crippen LogP contribution in [0.2, 0.25) is 5.02 Å². The first kappa shape index (κ1) is 23.9. The van der Waals surface area contributed by atoms with Gasteiger partial charge >= 0.3 is 6.18 Å². The topological polar surface area (TPSA) is 66.5 Å². The Morgan fingerprint density at radius 2 is 1.71 bits per heavy atom. The second-order valence-electron chi connectivity index (χ2n) is 9.09. The minimum absolute atomic E-state index is 0.0396. The molecular weight excluding hydrogens is 476 g/mol. The van der Waals surface area contributed by atoms with Gasteiger partial charge < -0.3 is 5.32 Å². The van der Waals surface area contributed by atoms with Crippen molar-refractivity contribution in [2.24, 2.45) is 5.41 Å². The summed E-state index contributed by atoms with van der Waals surface area (Å²) in [7, 11) is 0. The van der Waals surface area contributed by atoms with E-state index in [0.717, 1.165) is 35.2 Å². The van der Waals surface area contributed by atoms with E-state index >= 15 is 0 Å². The summed E-state index contributed by atoms with van der Waals surface area (Å²) in [4.78, 5) is 40.4. The van der Waals surface area contributed by atoms with Crippen molar-refractivity contribution in [3.63, 3.8) is 0 Å². The lowest BCUT2D eigenvalue weighted by Crippen LogP contribution is -2.66. The number of hydrogen-bond donors (Lipinski definition) is 1. The largest absolute Gasteiger partial charge is 0.425 e. The van der Waals surface area contributed by atoms with Gasteiger partial charge in [-0.2, -0.15) is 13.2 Å². The molecule has 0 saturated heterocycles. The summed E-state index contributed by atoms with van der Waals surface area (Å²) in [6, 6.07) is 9.49. The van der Waals surface area contributed by atoms with Crippen LogP contribution in [0.3, 0.4) is 0 Å². The summed E-state index contributed by atoms with van der Waals surface area (Å²) in [5, 5.41) is 1.93. The zero-order chi connectivity index (χ0) is 25.1.